The Labute approximate surface area is 146 Å². The fourth-order valence-corrected chi connectivity index (χ4v) is 6.32. The number of amides is 2. The molecule has 1 N–H and O–H groups in total. The molecular weight excluding hydrogens is 418 g/mol. The third kappa shape index (κ3) is 2.19. The van der Waals surface area contributed by atoms with Gasteiger partial charge in [-0.3, -0.25) is 14.5 Å². The minimum Gasteiger partial charge on any atom is -0.480 e. The number of fused-ring (bicyclic) bond motifs is 5. The zero-order valence-corrected chi connectivity index (χ0v) is 15.6. The summed E-state index contributed by atoms with van der Waals surface area (Å²) in [4.78, 5) is 38.5. The molecule has 2 bridgehead atoms. The van der Waals surface area contributed by atoms with Crippen LogP contribution < -0.4 is 0 Å². The van der Waals surface area contributed by atoms with E-state index in [1.807, 2.05) is 13.8 Å². The first-order valence-corrected chi connectivity index (χ1v) is 9.46. The Morgan fingerprint density at radius 3 is 2.00 bits per heavy atom. The molecule has 2 amide bonds. The quantitative estimate of drug-likeness (QED) is 0.541. The zero-order valence-electron chi connectivity index (χ0n) is 12.4. The summed E-state index contributed by atoms with van der Waals surface area (Å²) in [5.74, 6) is -1.99. The van der Waals surface area contributed by atoms with Gasteiger partial charge in [-0.1, -0.05) is 45.7 Å². The molecule has 1 aliphatic heterocycles. The number of hydrogen-bond donors (Lipinski definition) is 1. The normalized spacial score (nSPS) is 41.4. The van der Waals surface area contributed by atoms with E-state index in [0.29, 0.717) is 6.42 Å². The van der Waals surface area contributed by atoms with Crippen LogP contribution in [0.1, 0.15) is 26.7 Å². The molecule has 0 spiro atoms. The van der Waals surface area contributed by atoms with Crippen molar-refractivity contribution >= 4 is 49.6 Å². The molecular formula is C15H19Br2NO4. The molecule has 0 aromatic rings. The second kappa shape index (κ2) is 5.58. The Hall–Kier alpha value is -0.430. The summed E-state index contributed by atoms with van der Waals surface area (Å²) in [6.45, 7) is 3.79. The molecule has 1 saturated heterocycles. The maximum absolute atomic E-state index is 12.8. The Morgan fingerprint density at radius 2 is 1.64 bits per heavy atom. The largest absolute Gasteiger partial charge is 0.480 e. The average molecular weight is 437 g/mol. The van der Waals surface area contributed by atoms with Crippen LogP contribution in [-0.2, 0) is 14.4 Å². The average Bonchev–Trinajstić information content (AvgIpc) is 3.02. The third-order valence-electron chi connectivity index (χ3n) is 5.31. The van der Waals surface area contributed by atoms with E-state index < -0.39 is 12.0 Å². The van der Waals surface area contributed by atoms with Crippen LogP contribution in [0.2, 0.25) is 0 Å². The molecule has 3 unspecified atom stereocenters. The summed E-state index contributed by atoms with van der Waals surface area (Å²) in [6, 6.07) is -1.03. The van der Waals surface area contributed by atoms with E-state index >= 15 is 0 Å². The minimum absolute atomic E-state index is 0.103. The number of likely N-dealkylation sites (tertiary alicyclic amines) is 1. The molecule has 0 aromatic carbocycles. The molecule has 2 aliphatic carbocycles. The van der Waals surface area contributed by atoms with Gasteiger partial charge in [0.05, 0.1) is 11.8 Å². The topological polar surface area (TPSA) is 74.7 Å². The highest BCUT2D eigenvalue weighted by Crippen LogP contribution is 2.60. The number of carbonyl (C=O) groups is 3. The van der Waals surface area contributed by atoms with Gasteiger partial charge in [0.15, 0.2) is 0 Å². The summed E-state index contributed by atoms with van der Waals surface area (Å²) < 4.78 is 0. The first-order chi connectivity index (χ1) is 10.3. The Bertz CT molecular complexity index is 506. The van der Waals surface area contributed by atoms with E-state index in [4.69, 9.17) is 0 Å². The lowest BCUT2D eigenvalue weighted by molar-refractivity contribution is -0.156. The van der Waals surface area contributed by atoms with Crippen LogP contribution in [0, 0.1) is 29.6 Å². The number of carbonyl (C=O) groups excluding carboxylic acids is 2. The SMILES string of the molecule is CC(C)CC(C(=O)O)N1C(=O)[C@@H]2[C@H](C1=O)[C@@H]1C[C@H]2C(Br)C1Br. The van der Waals surface area contributed by atoms with Crippen LogP contribution in [0.4, 0.5) is 0 Å². The van der Waals surface area contributed by atoms with Gasteiger partial charge in [-0.25, -0.2) is 4.79 Å². The molecule has 1 heterocycles. The first-order valence-electron chi connectivity index (χ1n) is 7.63. The molecule has 3 rings (SSSR count). The second-order valence-electron chi connectivity index (χ2n) is 7.03. The Kier molecular flexibility index (Phi) is 4.17. The van der Waals surface area contributed by atoms with Crippen molar-refractivity contribution in [2.24, 2.45) is 29.6 Å². The lowest BCUT2D eigenvalue weighted by Gasteiger charge is -2.28. The molecule has 0 aromatic heterocycles. The van der Waals surface area contributed by atoms with Gasteiger partial charge in [0.2, 0.25) is 11.8 Å². The van der Waals surface area contributed by atoms with Gasteiger partial charge in [0.25, 0.3) is 0 Å². The van der Waals surface area contributed by atoms with Crippen LogP contribution in [0.5, 0.6) is 0 Å². The highest BCUT2D eigenvalue weighted by molar-refractivity contribution is 9.12. The van der Waals surface area contributed by atoms with Gasteiger partial charge in [0, 0.05) is 9.65 Å². The summed E-state index contributed by atoms with van der Waals surface area (Å²) in [7, 11) is 0. The summed E-state index contributed by atoms with van der Waals surface area (Å²) in [6.07, 6.45) is 1.16. The number of imide groups is 1. The van der Waals surface area contributed by atoms with Crippen LogP contribution in [-0.4, -0.2) is 43.5 Å². The van der Waals surface area contributed by atoms with Gasteiger partial charge in [0.1, 0.15) is 6.04 Å². The van der Waals surface area contributed by atoms with Crippen molar-refractivity contribution in [3.63, 3.8) is 0 Å². The number of halogens is 2. The van der Waals surface area contributed by atoms with Crippen LogP contribution >= 0.6 is 31.9 Å². The van der Waals surface area contributed by atoms with Gasteiger partial charge in [-0.05, 0) is 30.6 Å². The fourth-order valence-electron chi connectivity index (χ4n) is 4.44. The predicted molar refractivity (Wildman–Crippen MR) is 86.7 cm³/mol. The van der Waals surface area contributed by atoms with E-state index in [0.717, 1.165) is 11.3 Å². The molecule has 22 heavy (non-hydrogen) atoms. The Balaban J connectivity index is 1.92. The van der Waals surface area contributed by atoms with Crippen molar-refractivity contribution in [2.45, 2.75) is 42.4 Å². The van der Waals surface area contributed by atoms with Crippen LogP contribution in [0.25, 0.3) is 0 Å². The zero-order chi connectivity index (χ0) is 16.3. The first kappa shape index (κ1) is 16.4. The van der Waals surface area contributed by atoms with Gasteiger partial charge < -0.3 is 5.11 Å². The lowest BCUT2D eigenvalue weighted by atomic mass is 9.81. The molecule has 3 aliphatic rings. The van der Waals surface area contributed by atoms with E-state index in [1.165, 1.54) is 0 Å². The van der Waals surface area contributed by atoms with Gasteiger partial charge in [-0.15, -0.1) is 0 Å². The van der Waals surface area contributed by atoms with Crippen molar-refractivity contribution in [1.29, 1.82) is 0 Å². The number of aliphatic carboxylic acids is 1. The molecule has 5 nitrogen and oxygen atoms in total. The van der Waals surface area contributed by atoms with Gasteiger partial charge >= 0.3 is 5.97 Å². The van der Waals surface area contributed by atoms with E-state index in [1.54, 1.807) is 0 Å². The van der Waals surface area contributed by atoms with Crippen LogP contribution in [0.15, 0.2) is 0 Å². The summed E-state index contributed by atoms with van der Waals surface area (Å²) in [5.41, 5.74) is 0. The highest BCUT2D eigenvalue weighted by atomic mass is 79.9. The fraction of sp³-hybridized carbons (Fsp3) is 0.800. The van der Waals surface area contributed by atoms with Crippen molar-refractivity contribution in [3.8, 4) is 0 Å². The summed E-state index contributed by atoms with van der Waals surface area (Å²) in [5, 5.41) is 9.47. The minimum atomic E-state index is -1.09. The standard InChI is InChI=1S/C15H19Br2NO4/c1-5(2)3-8(15(21)22)18-13(19)9-6-4-7(10(9)14(18)20)12(17)11(6)16/h5-12H,3-4H2,1-2H3,(H,21,22)/t6-,7+,8?,9+,10-,11?,12?. The molecule has 122 valence electrons. The molecule has 0 radical (unpaired) electrons. The van der Waals surface area contributed by atoms with E-state index in [-0.39, 0.29) is 51.1 Å². The number of alkyl halides is 2. The van der Waals surface area contributed by atoms with Crippen molar-refractivity contribution in [2.75, 3.05) is 0 Å². The lowest BCUT2D eigenvalue weighted by Crippen LogP contribution is -2.47. The maximum Gasteiger partial charge on any atom is 0.326 e. The molecule has 3 fully saturated rings. The number of carboxylic acids is 1. The number of nitrogens with zero attached hydrogens (tertiary/aromatic N) is 1. The predicted octanol–water partition coefficient (Wildman–Crippen LogP) is 2.26. The molecule has 2 saturated carbocycles. The summed E-state index contributed by atoms with van der Waals surface area (Å²) >= 11 is 7.25. The van der Waals surface area contributed by atoms with Crippen molar-refractivity contribution in [1.82, 2.24) is 4.90 Å². The number of rotatable bonds is 4. The second-order valence-corrected chi connectivity index (χ2v) is 9.15. The molecule has 7 heteroatoms. The van der Waals surface area contributed by atoms with Gasteiger partial charge in [-0.2, -0.15) is 0 Å². The maximum atomic E-state index is 12.8. The van der Waals surface area contributed by atoms with E-state index in [2.05, 4.69) is 31.9 Å². The van der Waals surface area contributed by atoms with Crippen molar-refractivity contribution in [3.05, 3.63) is 0 Å². The smallest absolute Gasteiger partial charge is 0.326 e. The molecule has 7 atom stereocenters. The number of carboxylic acid groups (broad SMARTS) is 1. The highest BCUT2D eigenvalue weighted by Gasteiger charge is 2.67. The monoisotopic (exact) mass is 435 g/mol. The van der Waals surface area contributed by atoms with Crippen molar-refractivity contribution < 1.29 is 19.5 Å². The van der Waals surface area contributed by atoms with E-state index in [9.17, 15) is 19.5 Å². The van der Waals surface area contributed by atoms with Crippen LogP contribution in [0.3, 0.4) is 0 Å². The third-order valence-corrected chi connectivity index (χ3v) is 8.52. The number of hydrogen-bond acceptors (Lipinski definition) is 3. The Morgan fingerprint density at radius 1 is 1.18 bits per heavy atom.